The molecular weight excluding hydrogens is 463 g/mol. The van der Waals surface area contributed by atoms with E-state index < -0.39 is 28.2 Å². The lowest BCUT2D eigenvalue weighted by Gasteiger charge is -2.29. The molecule has 1 aliphatic rings. The number of hydrogen-bond donors (Lipinski definition) is 0. The van der Waals surface area contributed by atoms with Crippen LogP contribution in [0.2, 0.25) is 0 Å². The summed E-state index contributed by atoms with van der Waals surface area (Å²) in [4.78, 5) is 1.28. The molecule has 0 spiro atoms. The Morgan fingerprint density at radius 1 is 1.15 bits per heavy atom. The summed E-state index contributed by atoms with van der Waals surface area (Å²) in [6.45, 7) is 0.280. The van der Waals surface area contributed by atoms with E-state index >= 15 is 0 Å². The van der Waals surface area contributed by atoms with E-state index in [-0.39, 0.29) is 29.3 Å². The fourth-order valence-corrected chi connectivity index (χ4v) is 5.42. The Hall–Kier alpha value is -3.17. The van der Waals surface area contributed by atoms with Gasteiger partial charge in [0.2, 0.25) is 10.0 Å². The first-order chi connectivity index (χ1) is 15.6. The molecule has 12 heteroatoms. The molecule has 2 aromatic carbocycles. The van der Waals surface area contributed by atoms with Gasteiger partial charge in [-0.2, -0.15) is 9.57 Å². The van der Waals surface area contributed by atoms with Gasteiger partial charge >= 0.3 is 6.36 Å². The SMILES string of the molecule is COc1ccc(OC)c(S(=O)(=O)N(Cc2cccc(OC(F)(F)F)c2)C2CCN(C#N)C2)c1. The van der Waals surface area contributed by atoms with Gasteiger partial charge in [0.05, 0.1) is 14.2 Å². The molecule has 1 saturated heterocycles. The molecule has 33 heavy (non-hydrogen) atoms. The second-order valence-corrected chi connectivity index (χ2v) is 9.11. The van der Waals surface area contributed by atoms with Crippen LogP contribution in [-0.4, -0.2) is 57.3 Å². The number of alkyl halides is 3. The summed E-state index contributed by atoms with van der Waals surface area (Å²) in [5.41, 5.74) is 0.289. The molecule has 1 atom stereocenters. The summed E-state index contributed by atoms with van der Waals surface area (Å²) in [5.74, 6) is -0.0774. The lowest BCUT2D eigenvalue weighted by molar-refractivity contribution is -0.274. The molecular formula is C21H22F3N3O5S. The number of nitrogens with zero attached hydrogens (tertiary/aromatic N) is 3. The van der Waals surface area contributed by atoms with Gasteiger partial charge in [0.25, 0.3) is 0 Å². The molecule has 1 aliphatic heterocycles. The van der Waals surface area contributed by atoms with Crippen molar-refractivity contribution >= 4 is 10.0 Å². The number of hydrogen-bond acceptors (Lipinski definition) is 7. The fourth-order valence-electron chi connectivity index (χ4n) is 3.61. The molecule has 0 aromatic heterocycles. The summed E-state index contributed by atoms with van der Waals surface area (Å²) >= 11 is 0. The predicted octanol–water partition coefficient (Wildman–Crippen LogP) is 3.35. The van der Waals surface area contributed by atoms with Crippen LogP contribution in [-0.2, 0) is 16.6 Å². The molecule has 1 heterocycles. The third-order valence-electron chi connectivity index (χ3n) is 5.14. The minimum Gasteiger partial charge on any atom is -0.497 e. The molecule has 0 radical (unpaired) electrons. The van der Waals surface area contributed by atoms with Gasteiger partial charge in [-0.1, -0.05) is 12.1 Å². The van der Waals surface area contributed by atoms with E-state index in [1.54, 1.807) is 6.07 Å². The summed E-state index contributed by atoms with van der Waals surface area (Å²) in [6, 6.07) is 8.86. The van der Waals surface area contributed by atoms with Crippen LogP contribution in [0.15, 0.2) is 47.4 Å². The molecule has 1 unspecified atom stereocenters. The first kappa shape index (κ1) is 24.5. The summed E-state index contributed by atoms with van der Waals surface area (Å²) in [6.07, 6.45) is -2.50. The number of methoxy groups -OCH3 is 2. The van der Waals surface area contributed by atoms with Gasteiger partial charge in [-0.05, 0) is 36.2 Å². The largest absolute Gasteiger partial charge is 0.573 e. The maximum Gasteiger partial charge on any atom is 0.573 e. The highest BCUT2D eigenvalue weighted by Gasteiger charge is 2.38. The van der Waals surface area contributed by atoms with Gasteiger partial charge in [0.1, 0.15) is 22.1 Å². The average molecular weight is 485 g/mol. The third-order valence-corrected chi connectivity index (χ3v) is 7.06. The lowest BCUT2D eigenvalue weighted by atomic mass is 10.2. The third kappa shape index (κ3) is 5.80. The summed E-state index contributed by atoms with van der Waals surface area (Å²) in [5, 5.41) is 9.22. The Morgan fingerprint density at radius 3 is 2.52 bits per heavy atom. The quantitative estimate of drug-likeness (QED) is 0.530. The normalized spacial score (nSPS) is 16.5. The molecule has 0 aliphatic carbocycles. The number of sulfonamides is 1. The number of nitriles is 1. The van der Waals surface area contributed by atoms with Crippen LogP contribution >= 0.6 is 0 Å². The molecule has 1 fully saturated rings. The van der Waals surface area contributed by atoms with Gasteiger partial charge in [0, 0.05) is 31.7 Å². The van der Waals surface area contributed by atoms with Crippen LogP contribution in [0.3, 0.4) is 0 Å². The molecule has 8 nitrogen and oxygen atoms in total. The minimum atomic E-state index is -4.88. The summed E-state index contributed by atoms with van der Waals surface area (Å²) < 4.78 is 81.0. The van der Waals surface area contributed by atoms with E-state index in [1.807, 2.05) is 6.19 Å². The Labute approximate surface area is 189 Å². The highest BCUT2D eigenvalue weighted by Crippen LogP contribution is 2.34. The second kappa shape index (κ2) is 9.76. The van der Waals surface area contributed by atoms with Gasteiger partial charge in [0.15, 0.2) is 6.19 Å². The van der Waals surface area contributed by atoms with Gasteiger partial charge in [-0.3, -0.25) is 0 Å². The molecule has 0 bridgehead atoms. The lowest BCUT2D eigenvalue weighted by Crippen LogP contribution is -2.41. The molecule has 2 aromatic rings. The molecule has 178 valence electrons. The summed E-state index contributed by atoms with van der Waals surface area (Å²) in [7, 11) is -1.49. The van der Waals surface area contributed by atoms with Crippen LogP contribution < -0.4 is 14.2 Å². The number of likely N-dealkylation sites (tertiary alicyclic amines) is 1. The Balaban J connectivity index is 2.03. The van der Waals surface area contributed by atoms with E-state index in [1.165, 1.54) is 47.7 Å². The van der Waals surface area contributed by atoms with Crippen molar-refractivity contribution in [3.8, 4) is 23.4 Å². The zero-order valence-electron chi connectivity index (χ0n) is 17.9. The predicted molar refractivity (Wildman–Crippen MR) is 111 cm³/mol. The van der Waals surface area contributed by atoms with Crippen LogP contribution in [0.5, 0.6) is 17.2 Å². The standard InChI is InChI=1S/C21H22F3N3O5S/c1-30-17-6-7-19(31-2)20(11-17)33(28,29)27(16-8-9-26(13-16)14-25)12-15-4-3-5-18(10-15)32-21(22,23)24/h3-7,10-11,16H,8-9,12-13H2,1-2H3. The monoisotopic (exact) mass is 485 g/mol. The van der Waals surface area contributed by atoms with E-state index in [9.17, 15) is 26.9 Å². The van der Waals surface area contributed by atoms with E-state index in [0.29, 0.717) is 18.7 Å². The van der Waals surface area contributed by atoms with Gasteiger partial charge in [-0.15, -0.1) is 13.2 Å². The average Bonchev–Trinajstić information content (AvgIpc) is 3.24. The Morgan fingerprint density at radius 2 is 1.91 bits per heavy atom. The number of ether oxygens (including phenoxy) is 3. The maximum absolute atomic E-state index is 13.8. The van der Waals surface area contributed by atoms with Crippen molar-refractivity contribution in [3.63, 3.8) is 0 Å². The van der Waals surface area contributed by atoms with Gasteiger partial charge < -0.3 is 19.1 Å². The molecule has 0 amide bonds. The van der Waals surface area contributed by atoms with Crippen LogP contribution in [0.1, 0.15) is 12.0 Å². The van der Waals surface area contributed by atoms with Crippen molar-refractivity contribution in [2.24, 2.45) is 0 Å². The zero-order valence-corrected chi connectivity index (χ0v) is 18.7. The van der Waals surface area contributed by atoms with E-state index in [4.69, 9.17) is 9.47 Å². The Bertz CT molecular complexity index is 1130. The molecule has 3 rings (SSSR count). The number of rotatable bonds is 8. The van der Waals surface area contributed by atoms with Crippen molar-refractivity contribution in [2.75, 3.05) is 27.3 Å². The van der Waals surface area contributed by atoms with Crippen LogP contribution in [0.4, 0.5) is 13.2 Å². The molecule has 0 N–H and O–H groups in total. The smallest absolute Gasteiger partial charge is 0.497 e. The van der Waals surface area contributed by atoms with Crippen molar-refractivity contribution in [1.82, 2.24) is 9.21 Å². The van der Waals surface area contributed by atoms with Crippen LogP contribution in [0.25, 0.3) is 0 Å². The van der Waals surface area contributed by atoms with E-state index in [2.05, 4.69) is 4.74 Å². The van der Waals surface area contributed by atoms with Crippen LogP contribution in [0, 0.1) is 11.5 Å². The molecule has 0 saturated carbocycles. The zero-order chi connectivity index (χ0) is 24.2. The number of halogens is 3. The van der Waals surface area contributed by atoms with Crippen molar-refractivity contribution < 1.29 is 35.8 Å². The van der Waals surface area contributed by atoms with Crippen molar-refractivity contribution in [2.45, 2.75) is 30.3 Å². The Kier molecular flexibility index (Phi) is 7.24. The maximum atomic E-state index is 13.8. The van der Waals surface area contributed by atoms with Crippen molar-refractivity contribution in [3.05, 3.63) is 48.0 Å². The van der Waals surface area contributed by atoms with E-state index in [0.717, 1.165) is 12.1 Å². The van der Waals surface area contributed by atoms with Crippen molar-refractivity contribution in [1.29, 1.82) is 5.26 Å². The van der Waals surface area contributed by atoms with Gasteiger partial charge in [-0.25, -0.2) is 8.42 Å². The minimum absolute atomic E-state index is 0.0880. The second-order valence-electron chi connectivity index (χ2n) is 7.25. The first-order valence-corrected chi connectivity index (χ1v) is 11.2. The highest BCUT2D eigenvalue weighted by molar-refractivity contribution is 7.89. The topological polar surface area (TPSA) is 92.1 Å². The highest BCUT2D eigenvalue weighted by atomic mass is 32.2. The fraction of sp³-hybridized carbons (Fsp3) is 0.381. The number of benzene rings is 2. The first-order valence-electron chi connectivity index (χ1n) is 9.80.